The van der Waals surface area contributed by atoms with Crippen LogP contribution in [0.15, 0.2) is 132 Å². The summed E-state index contributed by atoms with van der Waals surface area (Å²) < 4.78 is 43.2. The van der Waals surface area contributed by atoms with Crippen molar-refractivity contribution in [2.75, 3.05) is 31.6 Å². The molecular weight excluding hydrogens is 1170 g/mol. The van der Waals surface area contributed by atoms with Gasteiger partial charge in [-0.1, -0.05) is 111 Å². The zero-order valence-electron chi connectivity index (χ0n) is 49.8. The van der Waals surface area contributed by atoms with E-state index in [1.165, 1.54) is 71.0 Å². The van der Waals surface area contributed by atoms with E-state index in [0.29, 0.717) is 32.3 Å². The maximum atomic E-state index is 13.2. The number of phenols is 2. The van der Waals surface area contributed by atoms with Crippen LogP contribution < -0.4 is 49.8 Å². The number of nitrogens with one attached hydrogen (secondary N) is 2. The smallest absolute Gasteiger partial charge is 0.744 e. The minimum atomic E-state index is -4.58. The van der Waals surface area contributed by atoms with Gasteiger partial charge < -0.3 is 40.1 Å². The van der Waals surface area contributed by atoms with Gasteiger partial charge in [0, 0.05) is 84.1 Å². The number of aromatic hydroxyl groups is 2. The number of aliphatic carboxylic acids is 1. The monoisotopic (exact) mass is 1240 g/mol. The fraction of sp³-hybridized carbons (Fsp3) is 0.364. The van der Waals surface area contributed by atoms with Gasteiger partial charge in [-0.25, -0.2) is 13.2 Å². The number of anilines is 1. The Morgan fingerprint density at radius 1 is 0.744 bits per heavy atom. The zero-order valence-corrected chi connectivity index (χ0v) is 54.1. The third-order valence-corrected chi connectivity index (χ3v) is 17.1. The summed E-state index contributed by atoms with van der Waals surface area (Å²) in [6.45, 7) is 11.2. The van der Waals surface area contributed by atoms with E-state index in [1.807, 2.05) is 49.8 Å². The number of halogens is 2. The topological polar surface area (TPSA) is 243 Å². The first-order valence-corrected chi connectivity index (χ1v) is 30.7. The molecule has 2 heterocycles. The number of rotatable bonds is 29. The number of fused-ring (bicyclic) bond motifs is 2. The van der Waals surface area contributed by atoms with Gasteiger partial charge in [0.05, 0.1) is 32.5 Å². The third kappa shape index (κ3) is 17.6. The summed E-state index contributed by atoms with van der Waals surface area (Å²) in [6.07, 6.45) is 18.5. The molecule has 0 unspecified atom stereocenters. The molecule has 0 aliphatic carbocycles. The minimum absolute atomic E-state index is 0. The van der Waals surface area contributed by atoms with Crippen molar-refractivity contribution in [3.8, 4) is 17.2 Å². The number of carbonyl (C=O) groups excluding carboxylic acids is 4. The second-order valence-electron chi connectivity index (χ2n) is 22.7. The van der Waals surface area contributed by atoms with E-state index >= 15 is 0 Å². The van der Waals surface area contributed by atoms with Crippen molar-refractivity contribution in [1.82, 2.24) is 10.6 Å². The predicted octanol–water partition coefficient (Wildman–Crippen LogP) is 9.40. The Hall–Kier alpha value is -6.57. The number of unbranched alkanes of at least 4 members (excludes halogenated alkanes) is 6. The summed E-state index contributed by atoms with van der Waals surface area (Å²) in [6, 6.07) is 22.5. The molecule has 0 fully saturated rings. The molecular formula is C66H74Cl2N4NaO12S+. The maximum absolute atomic E-state index is 13.2. The van der Waals surface area contributed by atoms with Gasteiger partial charge in [0.25, 0.3) is 11.8 Å². The number of aryl methyl sites for hydroxylation is 2. The van der Waals surface area contributed by atoms with Gasteiger partial charge in [-0.2, -0.15) is 4.58 Å². The van der Waals surface area contributed by atoms with E-state index < -0.39 is 45.9 Å². The Morgan fingerprint density at radius 2 is 1.43 bits per heavy atom. The summed E-state index contributed by atoms with van der Waals surface area (Å²) in [4.78, 5) is 66.6. The van der Waals surface area contributed by atoms with Gasteiger partial charge in [0.1, 0.15) is 46.2 Å². The molecule has 86 heavy (non-hydrogen) atoms. The number of amides is 2. The quantitative estimate of drug-likeness (QED) is 0.00749. The van der Waals surface area contributed by atoms with E-state index in [0.717, 1.165) is 74.0 Å². The first-order valence-electron chi connectivity index (χ1n) is 28.5. The van der Waals surface area contributed by atoms with Gasteiger partial charge in [-0.05, 0) is 125 Å². The first-order chi connectivity index (χ1) is 40.3. The molecule has 0 radical (unpaired) electrons. The molecule has 7 rings (SSSR count). The number of phenolic OH excluding ortho intramolecular Hbond substituents is 2. The van der Waals surface area contributed by atoms with Crippen LogP contribution in [0.25, 0.3) is 0 Å². The zero-order chi connectivity index (χ0) is 61.8. The number of allylic oxidation sites excluding steroid dienone is 6. The molecule has 5 aromatic rings. The number of ether oxygens (including phenoxy) is 1. The number of carboxylic acids is 1. The Kier molecular flexibility index (Phi) is 24.2. The van der Waals surface area contributed by atoms with Crippen LogP contribution in [0.1, 0.15) is 152 Å². The van der Waals surface area contributed by atoms with Crippen molar-refractivity contribution in [2.45, 2.75) is 133 Å². The van der Waals surface area contributed by atoms with Crippen LogP contribution in [0.3, 0.4) is 0 Å². The van der Waals surface area contributed by atoms with Crippen molar-refractivity contribution >= 4 is 79.8 Å². The second kappa shape index (κ2) is 30.4. The van der Waals surface area contributed by atoms with Crippen LogP contribution >= 0.6 is 23.2 Å². The third-order valence-electron chi connectivity index (χ3n) is 15.6. The summed E-state index contributed by atoms with van der Waals surface area (Å²) in [5.74, 6) is -3.15. The number of ketones is 2. The molecule has 2 aliphatic heterocycles. The Labute approximate surface area is 536 Å². The number of carbonyl (C=O) groups is 5. The van der Waals surface area contributed by atoms with Crippen LogP contribution in [-0.4, -0.2) is 101 Å². The largest absolute Gasteiger partial charge is 1.00 e. The molecule has 5 N–H and O–H groups in total. The van der Waals surface area contributed by atoms with Gasteiger partial charge in [-0.3, -0.25) is 19.2 Å². The number of hydrogen-bond acceptors (Lipinski definition) is 12. The summed E-state index contributed by atoms with van der Waals surface area (Å²) >= 11 is 12.8. The van der Waals surface area contributed by atoms with E-state index in [1.54, 1.807) is 24.3 Å². The van der Waals surface area contributed by atoms with Crippen LogP contribution in [-0.2, 0) is 37.0 Å². The normalized spacial score (nSPS) is 14.9. The average Bonchev–Trinajstić information content (AvgIpc) is 1.71. The van der Waals surface area contributed by atoms with Crippen molar-refractivity contribution in [2.24, 2.45) is 0 Å². The molecule has 0 aromatic heterocycles. The second-order valence-corrected chi connectivity index (χ2v) is 24.9. The first kappa shape index (κ1) is 68.5. The van der Waals surface area contributed by atoms with E-state index in [9.17, 15) is 52.3 Å². The number of nitrogens with zero attached hydrogens (tertiary/aromatic N) is 2. The van der Waals surface area contributed by atoms with E-state index in [2.05, 4.69) is 60.6 Å². The van der Waals surface area contributed by atoms with Crippen LogP contribution in [0.4, 0.5) is 11.4 Å². The van der Waals surface area contributed by atoms with Gasteiger partial charge >= 0.3 is 35.5 Å². The van der Waals surface area contributed by atoms with Crippen molar-refractivity contribution in [3.05, 3.63) is 176 Å². The fourth-order valence-electron chi connectivity index (χ4n) is 11.0. The predicted molar refractivity (Wildman–Crippen MR) is 329 cm³/mol. The minimum Gasteiger partial charge on any atom is -0.744 e. The van der Waals surface area contributed by atoms with Gasteiger partial charge in [-0.15, -0.1) is 0 Å². The molecule has 450 valence electrons. The van der Waals surface area contributed by atoms with E-state index in [-0.39, 0.29) is 102 Å². The molecule has 0 spiro atoms. The van der Waals surface area contributed by atoms with Crippen LogP contribution in [0.2, 0.25) is 10.0 Å². The molecule has 5 aromatic carbocycles. The fourth-order valence-corrected chi connectivity index (χ4v) is 12.1. The van der Waals surface area contributed by atoms with Crippen LogP contribution in [0, 0.1) is 6.92 Å². The summed E-state index contributed by atoms with van der Waals surface area (Å²) in [7, 11) is -2.65. The molecule has 20 heteroatoms. The molecule has 2 aliphatic rings. The number of carboxylic acid groups (broad SMARTS) is 1. The maximum Gasteiger partial charge on any atom is 1.00 e. The van der Waals surface area contributed by atoms with E-state index in [4.69, 9.17) is 27.9 Å². The van der Waals surface area contributed by atoms with Crippen LogP contribution in [0.5, 0.6) is 17.2 Å². The van der Waals surface area contributed by atoms with Crippen molar-refractivity contribution in [3.63, 3.8) is 0 Å². The van der Waals surface area contributed by atoms with Gasteiger partial charge in [0.2, 0.25) is 5.69 Å². The molecule has 1 atom stereocenters. The Bertz CT molecular complexity index is 3590. The molecule has 0 saturated carbocycles. The molecule has 0 bridgehead atoms. The number of Topliss-reactive ketones (excluding diaryl/α,β-unsaturated/α-hetero) is 2. The number of hydrogen-bond donors (Lipinski definition) is 5. The van der Waals surface area contributed by atoms with Gasteiger partial charge in [0.15, 0.2) is 11.5 Å². The van der Waals surface area contributed by atoms with Crippen molar-refractivity contribution in [1.29, 1.82) is 0 Å². The molecule has 2 amide bonds. The molecule has 16 nitrogen and oxygen atoms in total. The summed E-state index contributed by atoms with van der Waals surface area (Å²) in [5, 5.41) is 34.4. The standard InChI is InChI=1S/C66H74Cl2N4O12S.Na/c1-42-25-28-57-51(33-42)66(4,5)60(24-15-10-14-23-59-65(2,3)52-40-50(85(81,82)83)27-29-56(52)71(59)6)72(57)31-16-11-13-21-46(73)20-12-8-7-9-17-32-84-49-36-45(35-48(75)39-49)62(77)69-41-55(64(79)80)70-63(78)61-53(67)37-44(38-54(61)68)58(76)30-26-43-19-18-22-47(74)34-43;/h10,14-15,18-19,22-25,27-29,33-40,55H,7-9,11-13,16-17,20-21,26,30-32,41H2,1-6H3,(H5-,69,70,74,75,77,78,79,80,81,82,83);/q;+1/t55-;/m0./s1. The van der Waals surface area contributed by atoms with Crippen molar-refractivity contribution < 1.29 is 91.1 Å². The Balaban J connectivity index is 0.0000118. The number of benzene rings is 5. The average molecular weight is 1240 g/mol. The summed E-state index contributed by atoms with van der Waals surface area (Å²) in [5.41, 5.74) is 7.32. The Morgan fingerprint density at radius 3 is 2.12 bits per heavy atom. The SMILES string of the molecule is Cc1ccc2c(c1)C(C)(C)C(=CC=CC=CC1=[N+](C)c3ccc(S(=O)(=O)[O-])cc3C1(C)C)N2CCCCCC(=O)CCCCCCCOc1cc(O)cc(C(=O)NC[C@H](NC(=O)c2c(Cl)cc(C(=O)CCc3cccc(O)c3)cc2Cl)C(=O)O)c1.[Na+]. The molecule has 0 saturated heterocycles.